The molecule has 0 spiro atoms. The maximum Gasteiger partial charge on any atom is 0.302 e. The molecule has 2 aliphatic rings. The number of nitrogens with zero attached hydrogens (tertiary/aromatic N) is 5. The Kier molecular flexibility index (Phi) is 7.27. The molecule has 0 aliphatic carbocycles. The van der Waals surface area contributed by atoms with E-state index in [0.29, 0.717) is 18.9 Å². The van der Waals surface area contributed by atoms with Gasteiger partial charge in [-0.05, 0) is 49.0 Å². The zero-order valence-electron chi connectivity index (χ0n) is 20.6. The predicted molar refractivity (Wildman–Crippen MR) is 136 cm³/mol. The Balaban J connectivity index is 1.34. The van der Waals surface area contributed by atoms with Crippen LogP contribution in [0.4, 0.5) is 5.82 Å². The molecule has 1 aromatic carbocycles. The number of fused-ring (bicyclic) bond motifs is 3. The van der Waals surface area contributed by atoms with Crippen LogP contribution in [0.3, 0.4) is 0 Å². The van der Waals surface area contributed by atoms with E-state index in [9.17, 15) is 9.59 Å². The molecular weight excluding hydrogens is 456 g/mol. The third kappa shape index (κ3) is 5.41. The first-order valence-electron chi connectivity index (χ1n) is 12.5. The van der Waals surface area contributed by atoms with E-state index in [2.05, 4.69) is 20.3 Å². The van der Waals surface area contributed by atoms with Crippen LogP contribution in [0.1, 0.15) is 42.5 Å². The number of anilines is 1. The second-order valence-corrected chi connectivity index (χ2v) is 9.36. The van der Waals surface area contributed by atoms with Crippen LogP contribution in [0.5, 0.6) is 0 Å². The molecule has 2 aromatic heterocycles. The quantitative estimate of drug-likeness (QED) is 0.385. The van der Waals surface area contributed by atoms with Crippen molar-refractivity contribution >= 4 is 23.2 Å². The second kappa shape index (κ2) is 10.9. The van der Waals surface area contributed by atoms with Crippen LogP contribution in [-0.4, -0.2) is 69.1 Å². The zero-order valence-corrected chi connectivity index (χ0v) is 20.6. The van der Waals surface area contributed by atoms with Crippen molar-refractivity contribution in [1.29, 1.82) is 0 Å². The first kappa shape index (κ1) is 24.0. The third-order valence-corrected chi connectivity index (χ3v) is 6.86. The van der Waals surface area contributed by atoms with E-state index in [1.54, 1.807) is 6.08 Å². The standard InChI is InChI=1S/C27H32N6O3/c1-20(34)36-18-24(21-8-3-2-4-9-21)30-27-26-23-11-15-32(16-22(23)17-33(26)29-19-28-27)25(35)10-7-14-31-12-5-6-13-31/h2-4,7-10,17,19,24H,5-6,11-16,18H2,1H3,(H,28,29,30)/b10-7+/t24-/m1/s1. The Morgan fingerprint density at radius 3 is 2.75 bits per heavy atom. The van der Waals surface area contributed by atoms with Crippen molar-refractivity contribution in [3.8, 4) is 0 Å². The number of ether oxygens (including phenoxy) is 1. The van der Waals surface area contributed by atoms with E-state index < -0.39 is 0 Å². The van der Waals surface area contributed by atoms with E-state index in [1.165, 1.54) is 26.1 Å². The van der Waals surface area contributed by atoms with Crippen molar-refractivity contribution in [3.05, 3.63) is 71.7 Å². The van der Waals surface area contributed by atoms with Gasteiger partial charge in [-0.2, -0.15) is 5.10 Å². The maximum absolute atomic E-state index is 12.8. The molecule has 1 amide bonds. The summed E-state index contributed by atoms with van der Waals surface area (Å²) in [4.78, 5) is 33.1. The third-order valence-electron chi connectivity index (χ3n) is 6.86. The highest BCUT2D eigenvalue weighted by Crippen LogP contribution is 2.30. The van der Waals surface area contributed by atoms with E-state index in [1.807, 2.05) is 52.0 Å². The minimum absolute atomic E-state index is 0.0464. The fourth-order valence-corrected chi connectivity index (χ4v) is 5.01. The molecule has 3 aromatic rings. The Labute approximate surface area is 210 Å². The summed E-state index contributed by atoms with van der Waals surface area (Å²) in [5.74, 6) is 0.396. The number of amides is 1. The number of esters is 1. The Morgan fingerprint density at radius 1 is 1.17 bits per heavy atom. The van der Waals surface area contributed by atoms with Gasteiger partial charge < -0.3 is 15.0 Å². The summed E-state index contributed by atoms with van der Waals surface area (Å²) in [5.41, 5.74) is 4.10. The molecule has 0 bridgehead atoms. The molecule has 2 aliphatic heterocycles. The summed E-state index contributed by atoms with van der Waals surface area (Å²) in [6.45, 7) is 5.84. The van der Waals surface area contributed by atoms with E-state index >= 15 is 0 Å². The summed E-state index contributed by atoms with van der Waals surface area (Å²) in [6, 6.07) is 9.59. The molecule has 1 atom stereocenters. The molecule has 1 saturated heterocycles. The van der Waals surface area contributed by atoms with Gasteiger partial charge in [0.25, 0.3) is 0 Å². The van der Waals surface area contributed by atoms with Gasteiger partial charge in [0, 0.05) is 38.8 Å². The van der Waals surface area contributed by atoms with Crippen LogP contribution in [0, 0.1) is 0 Å². The number of carbonyl (C=O) groups is 2. The van der Waals surface area contributed by atoms with Crippen molar-refractivity contribution in [2.75, 3.05) is 38.1 Å². The summed E-state index contributed by atoms with van der Waals surface area (Å²) >= 11 is 0. The summed E-state index contributed by atoms with van der Waals surface area (Å²) in [7, 11) is 0. The monoisotopic (exact) mass is 488 g/mol. The molecular formula is C27H32N6O3. The minimum atomic E-state index is -0.329. The topological polar surface area (TPSA) is 92.1 Å². The van der Waals surface area contributed by atoms with Gasteiger partial charge in [-0.25, -0.2) is 9.50 Å². The number of aromatic nitrogens is 3. The number of hydrogen-bond acceptors (Lipinski definition) is 7. The number of carbonyl (C=O) groups excluding carboxylic acids is 2. The van der Waals surface area contributed by atoms with Crippen molar-refractivity contribution in [2.24, 2.45) is 0 Å². The highest BCUT2D eigenvalue weighted by atomic mass is 16.5. The zero-order chi connectivity index (χ0) is 24.9. The van der Waals surface area contributed by atoms with Crippen LogP contribution >= 0.6 is 0 Å². The summed E-state index contributed by atoms with van der Waals surface area (Å²) in [5, 5.41) is 7.89. The molecule has 188 valence electrons. The van der Waals surface area contributed by atoms with Crippen LogP contribution < -0.4 is 5.32 Å². The Bertz CT molecular complexity index is 1250. The van der Waals surface area contributed by atoms with Crippen molar-refractivity contribution < 1.29 is 14.3 Å². The van der Waals surface area contributed by atoms with Crippen LogP contribution in [0.2, 0.25) is 0 Å². The molecule has 1 N–H and O–H groups in total. The lowest BCUT2D eigenvalue weighted by atomic mass is 10.0. The van der Waals surface area contributed by atoms with Gasteiger partial charge in [-0.3, -0.25) is 14.5 Å². The van der Waals surface area contributed by atoms with Gasteiger partial charge in [0.05, 0.1) is 6.04 Å². The smallest absolute Gasteiger partial charge is 0.302 e. The summed E-state index contributed by atoms with van der Waals surface area (Å²) in [6.07, 6.45) is 10.4. The lowest BCUT2D eigenvalue weighted by molar-refractivity contribution is -0.141. The van der Waals surface area contributed by atoms with Crippen LogP contribution in [-0.2, 0) is 27.3 Å². The predicted octanol–water partition coefficient (Wildman–Crippen LogP) is 2.98. The van der Waals surface area contributed by atoms with Gasteiger partial charge in [0.2, 0.25) is 5.91 Å². The lowest BCUT2D eigenvalue weighted by Gasteiger charge is -2.26. The fourth-order valence-electron chi connectivity index (χ4n) is 5.01. The molecule has 9 nitrogen and oxygen atoms in total. The van der Waals surface area contributed by atoms with Gasteiger partial charge in [-0.1, -0.05) is 36.4 Å². The van der Waals surface area contributed by atoms with Crippen LogP contribution in [0.15, 0.2) is 55.0 Å². The average molecular weight is 489 g/mol. The van der Waals surface area contributed by atoms with Crippen molar-refractivity contribution in [1.82, 2.24) is 24.4 Å². The first-order chi connectivity index (χ1) is 17.6. The van der Waals surface area contributed by atoms with Crippen LogP contribution in [0.25, 0.3) is 5.52 Å². The van der Waals surface area contributed by atoms with E-state index in [-0.39, 0.29) is 24.5 Å². The molecule has 9 heteroatoms. The van der Waals surface area contributed by atoms with Gasteiger partial charge in [0.15, 0.2) is 5.82 Å². The number of rotatable bonds is 8. The number of benzene rings is 1. The highest BCUT2D eigenvalue weighted by Gasteiger charge is 2.26. The lowest BCUT2D eigenvalue weighted by Crippen LogP contribution is -2.34. The average Bonchev–Trinajstić information content (AvgIpc) is 3.54. The molecule has 1 fully saturated rings. The fraction of sp³-hybridized carbons (Fsp3) is 0.407. The number of hydrogen-bond donors (Lipinski definition) is 1. The van der Waals surface area contributed by atoms with Gasteiger partial charge in [-0.15, -0.1) is 0 Å². The van der Waals surface area contributed by atoms with E-state index in [0.717, 1.165) is 48.3 Å². The highest BCUT2D eigenvalue weighted by molar-refractivity contribution is 5.88. The molecule has 5 rings (SSSR count). The molecule has 0 unspecified atom stereocenters. The van der Waals surface area contributed by atoms with E-state index in [4.69, 9.17) is 4.74 Å². The molecule has 0 saturated carbocycles. The molecule has 0 radical (unpaired) electrons. The summed E-state index contributed by atoms with van der Waals surface area (Å²) < 4.78 is 7.16. The molecule has 36 heavy (non-hydrogen) atoms. The van der Waals surface area contributed by atoms with Crippen molar-refractivity contribution in [2.45, 2.75) is 38.8 Å². The number of nitrogens with one attached hydrogen (secondary N) is 1. The normalized spacial score (nSPS) is 16.9. The largest absolute Gasteiger partial charge is 0.463 e. The first-order valence-corrected chi connectivity index (χ1v) is 12.5. The Hall–Kier alpha value is -3.72. The SMILES string of the molecule is CC(=O)OC[C@@H](Nc1ncnn2cc3c(c12)CCN(C(=O)/C=C/CN1CCCC1)C3)c1ccccc1. The Morgan fingerprint density at radius 2 is 1.97 bits per heavy atom. The van der Waals surface area contributed by atoms with Gasteiger partial charge >= 0.3 is 5.97 Å². The second-order valence-electron chi connectivity index (χ2n) is 9.36. The minimum Gasteiger partial charge on any atom is -0.463 e. The van der Waals surface area contributed by atoms with Crippen molar-refractivity contribution in [3.63, 3.8) is 0 Å². The maximum atomic E-state index is 12.8. The number of likely N-dealkylation sites (tertiary alicyclic amines) is 1. The molecule has 4 heterocycles. The van der Waals surface area contributed by atoms with Gasteiger partial charge in [0.1, 0.15) is 18.5 Å².